The summed E-state index contributed by atoms with van der Waals surface area (Å²) >= 11 is 12.0. The second kappa shape index (κ2) is 6.84. The van der Waals surface area contributed by atoms with Crippen molar-refractivity contribution in [3.63, 3.8) is 0 Å². The third-order valence-electron chi connectivity index (χ3n) is 3.85. The zero-order valence-electron chi connectivity index (χ0n) is 11.8. The van der Waals surface area contributed by atoms with E-state index in [4.69, 9.17) is 23.2 Å². The molecule has 1 aliphatic rings. The van der Waals surface area contributed by atoms with E-state index in [0.717, 1.165) is 25.7 Å². The van der Waals surface area contributed by atoms with Crippen LogP contribution in [0.25, 0.3) is 0 Å². The summed E-state index contributed by atoms with van der Waals surface area (Å²) in [6.45, 7) is 2.09. The summed E-state index contributed by atoms with van der Waals surface area (Å²) in [5, 5.41) is 9.63. The Balaban J connectivity index is 2.47. The lowest BCUT2D eigenvalue weighted by molar-refractivity contribution is 0.281. The van der Waals surface area contributed by atoms with Crippen LogP contribution in [-0.4, -0.2) is 30.4 Å². The van der Waals surface area contributed by atoms with Crippen LogP contribution in [0.1, 0.15) is 38.2 Å². The predicted molar refractivity (Wildman–Crippen MR) is 84.2 cm³/mol. The van der Waals surface area contributed by atoms with E-state index < -0.39 is 10.0 Å². The van der Waals surface area contributed by atoms with Crippen LogP contribution in [0.4, 0.5) is 0 Å². The van der Waals surface area contributed by atoms with E-state index in [1.54, 1.807) is 0 Å². The molecular formula is C14H19Cl2NO3S. The molecule has 4 nitrogen and oxygen atoms in total. The van der Waals surface area contributed by atoms with Crippen LogP contribution < -0.4 is 0 Å². The number of nitrogens with zero attached hydrogens (tertiary/aromatic N) is 1. The molecule has 0 aromatic heterocycles. The first-order chi connectivity index (χ1) is 9.87. The van der Waals surface area contributed by atoms with Crippen molar-refractivity contribution in [3.05, 3.63) is 27.7 Å². The van der Waals surface area contributed by atoms with Crippen molar-refractivity contribution in [3.8, 4) is 0 Å². The first kappa shape index (κ1) is 17.0. The summed E-state index contributed by atoms with van der Waals surface area (Å²) in [7, 11) is -3.68. The van der Waals surface area contributed by atoms with Crippen LogP contribution in [0, 0.1) is 0 Å². The Morgan fingerprint density at radius 1 is 1.24 bits per heavy atom. The zero-order valence-corrected chi connectivity index (χ0v) is 14.2. The summed E-state index contributed by atoms with van der Waals surface area (Å²) in [5.41, 5.74) is 0.363. The Morgan fingerprint density at radius 2 is 1.95 bits per heavy atom. The standard InChI is InChI=1S/C14H19Cl2NO3S/c1-10-5-3-2-4-6-17(10)21(19,20)14-7-11(9-18)12(15)8-13(14)16/h7-8,10,18H,2-6,9H2,1H3. The van der Waals surface area contributed by atoms with E-state index in [2.05, 4.69) is 0 Å². The second-order valence-corrected chi connectivity index (χ2v) is 8.02. The molecule has 118 valence electrons. The number of sulfonamides is 1. The highest BCUT2D eigenvalue weighted by Crippen LogP contribution is 2.32. The number of halogens is 2. The van der Waals surface area contributed by atoms with E-state index in [0.29, 0.717) is 12.1 Å². The van der Waals surface area contributed by atoms with Gasteiger partial charge < -0.3 is 5.11 Å². The number of hydrogen-bond donors (Lipinski definition) is 1. The molecule has 2 rings (SSSR count). The average Bonchev–Trinajstić information content (AvgIpc) is 2.63. The van der Waals surface area contributed by atoms with Gasteiger partial charge in [-0.1, -0.05) is 36.0 Å². The molecule has 0 aliphatic carbocycles. The third kappa shape index (κ3) is 3.54. The van der Waals surface area contributed by atoms with Gasteiger partial charge in [0, 0.05) is 17.6 Å². The summed E-state index contributed by atoms with van der Waals surface area (Å²) < 4.78 is 27.2. The highest BCUT2D eigenvalue weighted by atomic mass is 35.5. The van der Waals surface area contributed by atoms with Gasteiger partial charge >= 0.3 is 0 Å². The maximum absolute atomic E-state index is 12.9. The maximum atomic E-state index is 12.9. The zero-order chi connectivity index (χ0) is 15.6. The predicted octanol–water partition coefficient (Wildman–Crippen LogP) is 3.44. The lowest BCUT2D eigenvalue weighted by Gasteiger charge is -2.27. The SMILES string of the molecule is CC1CCCCCN1S(=O)(=O)c1cc(CO)c(Cl)cc1Cl. The molecule has 1 fully saturated rings. The minimum absolute atomic E-state index is 0.0198. The summed E-state index contributed by atoms with van der Waals surface area (Å²) in [5.74, 6) is 0. The molecule has 0 radical (unpaired) electrons. The Labute approximate surface area is 135 Å². The fraction of sp³-hybridized carbons (Fsp3) is 0.571. The Kier molecular flexibility index (Phi) is 5.54. The first-order valence-corrected chi connectivity index (χ1v) is 9.18. The summed E-state index contributed by atoms with van der Waals surface area (Å²) in [6.07, 6.45) is 3.76. The van der Waals surface area contributed by atoms with Gasteiger partial charge in [0.15, 0.2) is 0 Å². The lowest BCUT2D eigenvalue weighted by Crippen LogP contribution is -2.38. The largest absolute Gasteiger partial charge is 0.392 e. The van der Waals surface area contributed by atoms with Gasteiger partial charge in [-0.05, 0) is 37.5 Å². The fourth-order valence-electron chi connectivity index (χ4n) is 2.62. The van der Waals surface area contributed by atoms with Crippen molar-refractivity contribution in [1.82, 2.24) is 4.31 Å². The highest BCUT2D eigenvalue weighted by molar-refractivity contribution is 7.89. The van der Waals surface area contributed by atoms with Crippen molar-refractivity contribution >= 4 is 33.2 Å². The quantitative estimate of drug-likeness (QED) is 0.907. The number of rotatable bonds is 3. The maximum Gasteiger partial charge on any atom is 0.244 e. The van der Waals surface area contributed by atoms with Crippen molar-refractivity contribution in [2.45, 2.75) is 50.2 Å². The molecule has 0 bridgehead atoms. The van der Waals surface area contributed by atoms with E-state index in [1.807, 2.05) is 6.92 Å². The van der Waals surface area contributed by atoms with Gasteiger partial charge in [-0.25, -0.2) is 8.42 Å². The van der Waals surface area contributed by atoms with Gasteiger partial charge in [-0.3, -0.25) is 0 Å². The molecular weight excluding hydrogens is 333 g/mol. The van der Waals surface area contributed by atoms with Gasteiger partial charge in [0.2, 0.25) is 10.0 Å². The minimum Gasteiger partial charge on any atom is -0.392 e. The fourth-order valence-corrected chi connectivity index (χ4v) is 5.16. The third-order valence-corrected chi connectivity index (χ3v) is 6.68. The normalized spacial score (nSPS) is 21.2. The number of hydrogen-bond acceptors (Lipinski definition) is 3. The molecule has 0 saturated carbocycles. The number of aliphatic hydroxyl groups excluding tert-OH is 1. The monoisotopic (exact) mass is 351 g/mol. The van der Waals surface area contributed by atoms with Crippen molar-refractivity contribution in [2.75, 3.05) is 6.54 Å². The second-order valence-electron chi connectivity index (χ2n) is 5.35. The van der Waals surface area contributed by atoms with Crippen LogP contribution in [-0.2, 0) is 16.6 Å². The molecule has 1 unspecified atom stereocenters. The molecule has 1 aromatic rings. The number of benzene rings is 1. The van der Waals surface area contributed by atoms with Crippen molar-refractivity contribution in [1.29, 1.82) is 0 Å². The van der Waals surface area contributed by atoms with Gasteiger partial charge in [0.1, 0.15) is 4.90 Å². The van der Waals surface area contributed by atoms with Gasteiger partial charge in [-0.15, -0.1) is 0 Å². The van der Waals surface area contributed by atoms with Crippen LogP contribution in [0.2, 0.25) is 10.0 Å². The molecule has 0 spiro atoms. The van der Waals surface area contributed by atoms with Crippen molar-refractivity contribution < 1.29 is 13.5 Å². The van der Waals surface area contributed by atoms with Gasteiger partial charge in [-0.2, -0.15) is 4.31 Å². The van der Waals surface area contributed by atoms with E-state index in [9.17, 15) is 13.5 Å². The molecule has 1 heterocycles. The Morgan fingerprint density at radius 3 is 2.62 bits per heavy atom. The molecule has 1 atom stereocenters. The van der Waals surface area contributed by atoms with E-state index in [-0.39, 0.29) is 27.6 Å². The highest BCUT2D eigenvalue weighted by Gasteiger charge is 2.32. The summed E-state index contributed by atoms with van der Waals surface area (Å²) in [6, 6.07) is 2.70. The number of aliphatic hydroxyl groups is 1. The molecule has 1 saturated heterocycles. The Hall–Kier alpha value is -0.330. The average molecular weight is 352 g/mol. The summed E-state index contributed by atoms with van der Waals surface area (Å²) in [4.78, 5) is 0.0198. The topological polar surface area (TPSA) is 57.6 Å². The molecule has 7 heteroatoms. The van der Waals surface area contributed by atoms with Crippen LogP contribution >= 0.6 is 23.2 Å². The van der Waals surface area contributed by atoms with Crippen LogP contribution in [0.5, 0.6) is 0 Å². The lowest BCUT2D eigenvalue weighted by atomic mass is 10.1. The molecule has 1 aliphatic heterocycles. The molecule has 1 aromatic carbocycles. The molecule has 0 amide bonds. The van der Waals surface area contributed by atoms with Gasteiger partial charge in [0.25, 0.3) is 0 Å². The van der Waals surface area contributed by atoms with Gasteiger partial charge in [0.05, 0.1) is 11.6 Å². The Bertz CT molecular complexity index is 619. The first-order valence-electron chi connectivity index (χ1n) is 6.98. The van der Waals surface area contributed by atoms with E-state index in [1.165, 1.54) is 16.4 Å². The van der Waals surface area contributed by atoms with E-state index >= 15 is 0 Å². The minimum atomic E-state index is -3.68. The van der Waals surface area contributed by atoms with Crippen LogP contribution in [0.3, 0.4) is 0 Å². The van der Waals surface area contributed by atoms with Crippen molar-refractivity contribution in [2.24, 2.45) is 0 Å². The molecule has 1 N–H and O–H groups in total. The van der Waals surface area contributed by atoms with Crippen LogP contribution in [0.15, 0.2) is 17.0 Å². The smallest absolute Gasteiger partial charge is 0.244 e. The molecule has 21 heavy (non-hydrogen) atoms.